The van der Waals surface area contributed by atoms with Crippen LogP contribution in [0.2, 0.25) is 0 Å². The highest BCUT2D eigenvalue weighted by Crippen LogP contribution is 2.42. The van der Waals surface area contributed by atoms with Gasteiger partial charge in [-0.05, 0) is 48.3 Å². The van der Waals surface area contributed by atoms with Crippen LogP contribution in [0, 0.1) is 5.82 Å². The van der Waals surface area contributed by atoms with E-state index in [4.69, 9.17) is 14.2 Å². The predicted molar refractivity (Wildman–Crippen MR) is 137 cm³/mol. The molecule has 2 aromatic carbocycles. The highest BCUT2D eigenvalue weighted by Gasteiger charge is 2.31. The van der Waals surface area contributed by atoms with Gasteiger partial charge >= 0.3 is 12.2 Å². The summed E-state index contributed by atoms with van der Waals surface area (Å²) in [6.07, 6.45) is -0.635. The number of carbonyl (C=O) groups is 2. The molecule has 1 saturated heterocycles. The molecule has 10 heteroatoms. The zero-order valence-corrected chi connectivity index (χ0v) is 22.3. The predicted octanol–water partition coefficient (Wildman–Crippen LogP) is 4.88. The molecule has 0 aromatic heterocycles. The van der Waals surface area contributed by atoms with Gasteiger partial charge in [-0.25, -0.2) is 14.0 Å². The van der Waals surface area contributed by atoms with E-state index in [0.29, 0.717) is 47.7 Å². The maximum atomic E-state index is 15.2. The lowest BCUT2D eigenvalue weighted by molar-refractivity contribution is 0.0240. The van der Waals surface area contributed by atoms with Gasteiger partial charge in [0.2, 0.25) is 0 Å². The molecule has 0 saturated carbocycles. The van der Waals surface area contributed by atoms with Crippen molar-refractivity contribution < 1.29 is 28.2 Å². The van der Waals surface area contributed by atoms with Crippen LogP contribution in [0.25, 0.3) is 0 Å². The molecule has 4 rings (SSSR count). The van der Waals surface area contributed by atoms with Gasteiger partial charge in [-0.3, -0.25) is 0 Å². The quantitative estimate of drug-likeness (QED) is 0.571. The number of rotatable bonds is 4. The number of benzene rings is 2. The number of nitrogens with one attached hydrogen (secondary N) is 1. The summed E-state index contributed by atoms with van der Waals surface area (Å²) in [5, 5.41) is 2.76. The Kier molecular flexibility index (Phi) is 7.92. The standard InChI is InChI=1S/C26H31BrFN3O5/c1-26(2,3)36-25(33)31-11-9-30(10-12-31)21-14-20(28)19-13-18(16-34-23(19)22(21)27)29-24(32)35-15-17-7-5-4-6-8-17/h4-8,14,18H,9-13,15-16H2,1-3H3,(H,29,32). The molecule has 0 radical (unpaired) electrons. The largest absolute Gasteiger partial charge is 0.490 e. The Bertz CT molecular complexity index is 1100. The average Bonchev–Trinajstić information content (AvgIpc) is 2.85. The van der Waals surface area contributed by atoms with Gasteiger partial charge in [-0.2, -0.15) is 0 Å². The molecule has 1 atom stereocenters. The average molecular weight is 564 g/mol. The maximum absolute atomic E-state index is 15.2. The second-order valence-corrected chi connectivity index (χ2v) is 10.7. The molecule has 194 valence electrons. The van der Waals surface area contributed by atoms with E-state index in [0.717, 1.165) is 5.56 Å². The summed E-state index contributed by atoms with van der Waals surface area (Å²) < 4.78 is 32.5. The highest BCUT2D eigenvalue weighted by molar-refractivity contribution is 9.10. The summed E-state index contributed by atoms with van der Waals surface area (Å²) in [6, 6.07) is 10.4. The number of fused-ring (bicyclic) bond motifs is 1. The van der Waals surface area contributed by atoms with E-state index < -0.39 is 23.6 Å². The first-order chi connectivity index (χ1) is 17.1. The summed E-state index contributed by atoms with van der Waals surface area (Å²) in [5.74, 6) is 0.0391. The molecule has 8 nitrogen and oxygen atoms in total. The normalized spacial score (nSPS) is 17.6. The molecule has 1 N–H and O–H groups in total. The second kappa shape index (κ2) is 10.9. The Morgan fingerprint density at radius 2 is 1.86 bits per heavy atom. The summed E-state index contributed by atoms with van der Waals surface area (Å²) in [6.45, 7) is 7.87. The topological polar surface area (TPSA) is 80.3 Å². The Hall–Kier alpha value is -3.01. The van der Waals surface area contributed by atoms with Crippen LogP contribution in [-0.4, -0.2) is 61.5 Å². The Morgan fingerprint density at radius 3 is 2.53 bits per heavy atom. The van der Waals surface area contributed by atoms with Crippen LogP contribution in [0.5, 0.6) is 5.75 Å². The van der Waals surface area contributed by atoms with Crippen molar-refractivity contribution in [3.8, 4) is 5.75 Å². The van der Waals surface area contributed by atoms with E-state index in [9.17, 15) is 9.59 Å². The van der Waals surface area contributed by atoms with Crippen LogP contribution < -0.4 is 15.0 Å². The van der Waals surface area contributed by atoms with E-state index in [2.05, 4.69) is 21.2 Å². The minimum atomic E-state index is -0.574. The number of amides is 2. The molecular formula is C26H31BrFN3O5. The van der Waals surface area contributed by atoms with Gasteiger partial charge in [0.25, 0.3) is 0 Å². The zero-order chi connectivity index (χ0) is 25.9. The fraction of sp³-hybridized carbons (Fsp3) is 0.462. The Morgan fingerprint density at radius 1 is 1.17 bits per heavy atom. The van der Waals surface area contributed by atoms with Crippen LogP contribution in [-0.2, 0) is 22.5 Å². The molecule has 2 aliphatic heterocycles. The smallest absolute Gasteiger partial charge is 0.410 e. The van der Waals surface area contributed by atoms with Crippen molar-refractivity contribution in [2.24, 2.45) is 0 Å². The van der Waals surface area contributed by atoms with Crippen LogP contribution in [0.3, 0.4) is 0 Å². The number of hydrogen-bond donors (Lipinski definition) is 1. The van der Waals surface area contributed by atoms with Gasteiger partial charge in [0.05, 0.1) is 16.2 Å². The van der Waals surface area contributed by atoms with Crippen LogP contribution in [0.15, 0.2) is 40.9 Å². The van der Waals surface area contributed by atoms with Gasteiger partial charge < -0.3 is 29.3 Å². The summed E-state index contributed by atoms with van der Waals surface area (Å²) in [7, 11) is 0. The number of halogens is 2. The molecule has 0 bridgehead atoms. The molecule has 2 aromatic rings. The van der Waals surface area contributed by atoms with E-state index >= 15 is 4.39 Å². The third-order valence-electron chi connectivity index (χ3n) is 5.94. The van der Waals surface area contributed by atoms with E-state index in [-0.39, 0.29) is 25.7 Å². The molecule has 2 heterocycles. The fourth-order valence-electron chi connectivity index (χ4n) is 4.17. The Labute approximate surface area is 218 Å². The molecule has 0 aliphatic carbocycles. The lowest BCUT2D eigenvalue weighted by atomic mass is 10.0. The second-order valence-electron chi connectivity index (χ2n) is 9.87. The van der Waals surface area contributed by atoms with Gasteiger partial charge in [0.1, 0.15) is 30.4 Å². The van der Waals surface area contributed by atoms with Crippen LogP contribution in [0.4, 0.5) is 19.7 Å². The van der Waals surface area contributed by atoms with Crippen LogP contribution in [0.1, 0.15) is 31.9 Å². The van der Waals surface area contributed by atoms with Gasteiger partial charge in [0.15, 0.2) is 0 Å². The number of alkyl carbamates (subject to hydrolysis) is 1. The number of carbonyl (C=O) groups excluding carboxylic acids is 2. The van der Waals surface area contributed by atoms with E-state index in [1.54, 1.807) is 4.90 Å². The number of piperazine rings is 1. The lowest BCUT2D eigenvalue weighted by Crippen LogP contribution is -2.50. The fourth-order valence-corrected chi connectivity index (χ4v) is 4.89. The molecular weight excluding hydrogens is 533 g/mol. The molecule has 1 unspecified atom stereocenters. The molecule has 2 amide bonds. The summed E-state index contributed by atoms with van der Waals surface area (Å²) >= 11 is 3.59. The SMILES string of the molecule is CC(C)(C)OC(=O)N1CCN(c2cc(F)c3c(c2Br)OCC(NC(=O)OCc2ccccc2)C3)CC1. The van der Waals surface area contributed by atoms with Crippen LogP contribution >= 0.6 is 15.9 Å². The van der Waals surface area contributed by atoms with Gasteiger partial charge in [-0.1, -0.05) is 30.3 Å². The number of ether oxygens (including phenoxy) is 3. The minimum Gasteiger partial charge on any atom is -0.490 e. The van der Waals surface area contributed by atoms with Crippen molar-refractivity contribution in [1.29, 1.82) is 0 Å². The van der Waals surface area contributed by atoms with Crippen molar-refractivity contribution >= 4 is 33.8 Å². The van der Waals surface area contributed by atoms with E-state index in [1.807, 2.05) is 56.0 Å². The molecule has 36 heavy (non-hydrogen) atoms. The maximum Gasteiger partial charge on any atom is 0.410 e. The summed E-state index contributed by atoms with van der Waals surface area (Å²) in [5.41, 5.74) is 1.40. The Balaban J connectivity index is 1.35. The first kappa shape index (κ1) is 26.1. The van der Waals surface area contributed by atoms with Gasteiger partial charge in [0, 0.05) is 38.2 Å². The molecule has 1 fully saturated rings. The number of nitrogens with zero attached hydrogens (tertiary/aromatic N) is 2. The van der Waals surface area contributed by atoms with Gasteiger partial charge in [-0.15, -0.1) is 0 Å². The van der Waals surface area contributed by atoms with E-state index in [1.165, 1.54) is 6.07 Å². The number of hydrogen-bond acceptors (Lipinski definition) is 6. The molecule has 0 spiro atoms. The van der Waals surface area contributed by atoms with Crippen molar-refractivity contribution in [3.05, 3.63) is 57.8 Å². The third-order valence-corrected chi connectivity index (χ3v) is 6.70. The monoisotopic (exact) mass is 563 g/mol. The zero-order valence-electron chi connectivity index (χ0n) is 20.7. The van der Waals surface area contributed by atoms with Crippen molar-refractivity contribution in [3.63, 3.8) is 0 Å². The lowest BCUT2D eigenvalue weighted by Gasteiger charge is -2.38. The third kappa shape index (κ3) is 6.40. The van der Waals surface area contributed by atoms with Crippen molar-refractivity contribution in [2.75, 3.05) is 37.7 Å². The first-order valence-electron chi connectivity index (χ1n) is 11.9. The first-order valence-corrected chi connectivity index (χ1v) is 12.7. The minimum absolute atomic E-state index is 0.154. The summed E-state index contributed by atoms with van der Waals surface area (Å²) in [4.78, 5) is 28.2. The number of anilines is 1. The van der Waals surface area contributed by atoms with Crippen molar-refractivity contribution in [2.45, 2.75) is 45.4 Å². The molecule has 2 aliphatic rings. The highest BCUT2D eigenvalue weighted by atomic mass is 79.9. The van der Waals surface area contributed by atoms with Crippen molar-refractivity contribution in [1.82, 2.24) is 10.2 Å².